The summed E-state index contributed by atoms with van der Waals surface area (Å²) in [6.45, 7) is 3.22. The zero-order valence-electron chi connectivity index (χ0n) is 12.4. The number of nitro groups is 2. The van der Waals surface area contributed by atoms with E-state index in [-0.39, 0.29) is 17.4 Å². The van der Waals surface area contributed by atoms with Gasteiger partial charge in [-0.2, -0.15) is 0 Å². The molecule has 0 radical (unpaired) electrons. The summed E-state index contributed by atoms with van der Waals surface area (Å²) in [6.07, 6.45) is 0.910. The van der Waals surface area contributed by atoms with E-state index < -0.39 is 9.85 Å². The summed E-state index contributed by atoms with van der Waals surface area (Å²) in [6, 6.07) is 3.92. The van der Waals surface area contributed by atoms with Crippen LogP contribution in [0.3, 0.4) is 0 Å². The summed E-state index contributed by atoms with van der Waals surface area (Å²) in [5.41, 5.74) is -0.0510. The summed E-state index contributed by atoms with van der Waals surface area (Å²) in [7, 11) is 3.96. The van der Waals surface area contributed by atoms with Gasteiger partial charge in [0.15, 0.2) is 0 Å². The number of rotatable bonds is 8. The van der Waals surface area contributed by atoms with Crippen LogP contribution in [0.5, 0.6) is 0 Å². The topological polar surface area (TPSA) is 102 Å². The van der Waals surface area contributed by atoms with Gasteiger partial charge in [0.25, 0.3) is 11.4 Å². The van der Waals surface area contributed by atoms with E-state index in [0.717, 1.165) is 19.0 Å². The molecule has 0 heterocycles. The lowest BCUT2D eigenvalue weighted by Crippen LogP contribution is -2.29. The molecule has 0 aliphatic rings. The van der Waals surface area contributed by atoms with Crippen LogP contribution in [0.2, 0.25) is 0 Å². The lowest BCUT2D eigenvalue weighted by atomic mass is 10.1. The lowest BCUT2D eigenvalue weighted by molar-refractivity contribution is -0.394. The molecule has 0 amide bonds. The minimum atomic E-state index is -0.635. The van der Waals surface area contributed by atoms with Crippen LogP contribution in [0, 0.1) is 20.2 Å². The van der Waals surface area contributed by atoms with Gasteiger partial charge < -0.3 is 10.2 Å². The number of nitrogens with one attached hydrogen (secondary N) is 1. The highest BCUT2D eigenvalue weighted by Crippen LogP contribution is 2.24. The highest BCUT2D eigenvalue weighted by atomic mass is 16.6. The zero-order chi connectivity index (χ0) is 16.0. The van der Waals surface area contributed by atoms with E-state index in [1.165, 1.54) is 12.1 Å². The molecular formula is C13H20N4O4. The Labute approximate surface area is 123 Å². The normalized spacial score (nSPS) is 12.4. The number of hydrogen-bond donors (Lipinski definition) is 1. The van der Waals surface area contributed by atoms with Gasteiger partial charge in [0.1, 0.15) is 0 Å². The van der Waals surface area contributed by atoms with Crippen LogP contribution in [0.1, 0.15) is 18.9 Å². The van der Waals surface area contributed by atoms with E-state index in [9.17, 15) is 20.2 Å². The van der Waals surface area contributed by atoms with Crippen LogP contribution in [0.25, 0.3) is 0 Å². The Morgan fingerprint density at radius 1 is 1.24 bits per heavy atom. The number of nitro benzene ring substituents is 2. The van der Waals surface area contributed by atoms with Crippen LogP contribution in [0.4, 0.5) is 11.4 Å². The molecule has 0 spiro atoms. The third kappa shape index (κ3) is 5.44. The molecule has 1 atom stereocenters. The number of non-ortho nitro benzene ring substituents is 1. The molecule has 8 nitrogen and oxygen atoms in total. The van der Waals surface area contributed by atoms with Gasteiger partial charge in [0, 0.05) is 24.2 Å². The fourth-order valence-corrected chi connectivity index (χ4v) is 1.82. The second kappa shape index (κ2) is 7.65. The zero-order valence-corrected chi connectivity index (χ0v) is 12.4. The molecule has 0 aromatic heterocycles. The number of benzene rings is 1. The molecule has 0 aliphatic heterocycles. The van der Waals surface area contributed by atoms with Crippen molar-refractivity contribution in [3.8, 4) is 0 Å². The van der Waals surface area contributed by atoms with Gasteiger partial charge in [0.05, 0.1) is 15.9 Å². The molecule has 0 bridgehead atoms. The highest BCUT2D eigenvalue weighted by Gasteiger charge is 2.19. The van der Waals surface area contributed by atoms with Gasteiger partial charge in [-0.1, -0.05) is 0 Å². The van der Waals surface area contributed by atoms with Gasteiger partial charge in [-0.3, -0.25) is 20.2 Å². The number of hydrogen-bond acceptors (Lipinski definition) is 6. The van der Waals surface area contributed by atoms with Crippen molar-refractivity contribution in [2.45, 2.75) is 25.9 Å². The van der Waals surface area contributed by atoms with Crippen LogP contribution >= 0.6 is 0 Å². The summed E-state index contributed by atoms with van der Waals surface area (Å²) in [5, 5.41) is 24.9. The Morgan fingerprint density at radius 3 is 2.43 bits per heavy atom. The van der Waals surface area contributed by atoms with E-state index in [2.05, 4.69) is 10.2 Å². The van der Waals surface area contributed by atoms with Crippen molar-refractivity contribution in [3.63, 3.8) is 0 Å². The summed E-state index contributed by atoms with van der Waals surface area (Å²) in [4.78, 5) is 22.5. The van der Waals surface area contributed by atoms with Gasteiger partial charge in [-0.15, -0.1) is 0 Å². The van der Waals surface area contributed by atoms with E-state index in [0.29, 0.717) is 12.1 Å². The standard InChI is InChI=1S/C13H20N4O4/c1-10(6-7-15(2)3)14-9-11-4-5-12(16(18)19)8-13(11)17(20)21/h4-5,8,10,14H,6-7,9H2,1-3H3. The van der Waals surface area contributed by atoms with Crippen LogP contribution in [-0.2, 0) is 6.54 Å². The van der Waals surface area contributed by atoms with Gasteiger partial charge >= 0.3 is 0 Å². The maximum atomic E-state index is 11.0. The van der Waals surface area contributed by atoms with Crippen molar-refractivity contribution in [2.75, 3.05) is 20.6 Å². The molecule has 1 N–H and O–H groups in total. The smallest absolute Gasteiger partial charge is 0.280 e. The van der Waals surface area contributed by atoms with E-state index in [1.54, 1.807) is 0 Å². The first kappa shape index (κ1) is 17.0. The Bertz CT molecular complexity index is 519. The third-order valence-electron chi connectivity index (χ3n) is 3.13. The van der Waals surface area contributed by atoms with Crippen molar-refractivity contribution in [1.82, 2.24) is 10.2 Å². The van der Waals surface area contributed by atoms with Crippen LogP contribution in [0.15, 0.2) is 18.2 Å². The molecule has 1 aromatic carbocycles. The predicted octanol–water partition coefficient (Wildman–Crippen LogP) is 1.93. The first-order chi connectivity index (χ1) is 9.81. The van der Waals surface area contributed by atoms with Gasteiger partial charge in [0.2, 0.25) is 0 Å². The monoisotopic (exact) mass is 296 g/mol. The molecule has 116 valence electrons. The molecule has 21 heavy (non-hydrogen) atoms. The Hall–Kier alpha value is -2.06. The first-order valence-corrected chi connectivity index (χ1v) is 6.61. The largest absolute Gasteiger partial charge is 0.310 e. The average Bonchev–Trinajstić information content (AvgIpc) is 2.42. The Morgan fingerprint density at radius 2 is 1.90 bits per heavy atom. The second-order valence-corrected chi connectivity index (χ2v) is 5.20. The molecule has 0 saturated carbocycles. The second-order valence-electron chi connectivity index (χ2n) is 5.20. The fraction of sp³-hybridized carbons (Fsp3) is 0.538. The van der Waals surface area contributed by atoms with E-state index in [4.69, 9.17) is 0 Å². The number of nitrogens with zero attached hydrogens (tertiary/aromatic N) is 3. The van der Waals surface area contributed by atoms with Crippen molar-refractivity contribution in [3.05, 3.63) is 44.0 Å². The molecule has 8 heteroatoms. The third-order valence-corrected chi connectivity index (χ3v) is 3.13. The van der Waals surface area contributed by atoms with Crippen molar-refractivity contribution in [2.24, 2.45) is 0 Å². The first-order valence-electron chi connectivity index (χ1n) is 6.61. The predicted molar refractivity (Wildman–Crippen MR) is 79.2 cm³/mol. The summed E-state index contributed by atoms with van der Waals surface area (Å²) in [5.74, 6) is 0. The SMILES string of the molecule is CC(CCN(C)C)NCc1ccc([N+](=O)[O-])cc1[N+](=O)[O-]. The van der Waals surface area contributed by atoms with Crippen LogP contribution < -0.4 is 5.32 Å². The lowest BCUT2D eigenvalue weighted by Gasteiger charge is -2.16. The van der Waals surface area contributed by atoms with E-state index >= 15 is 0 Å². The fourth-order valence-electron chi connectivity index (χ4n) is 1.82. The maximum Gasteiger partial charge on any atom is 0.280 e. The summed E-state index contributed by atoms with van der Waals surface area (Å²) >= 11 is 0. The van der Waals surface area contributed by atoms with Crippen molar-refractivity contribution in [1.29, 1.82) is 0 Å². The van der Waals surface area contributed by atoms with Gasteiger partial charge in [-0.25, -0.2) is 0 Å². The molecular weight excluding hydrogens is 276 g/mol. The highest BCUT2D eigenvalue weighted by molar-refractivity contribution is 5.49. The summed E-state index contributed by atoms with van der Waals surface area (Å²) < 4.78 is 0. The minimum Gasteiger partial charge on any atom is -0.310 e. The molecule has 0 fully saturated rings. The Balaban J connectivity index is 2.74. The molecule has 0 saturated heterocycles. The maximum absolute atomic E-state index is 11.0. The molecule has 1 unspecified atom stereocenters. The quantitative estimate of drug-likeness (QED) is 0.581. The molecule has 1 rings (SSSR count). The van der Waals surface area contributed by atoms with Crippen molar-refractivity contribution < 1.29 is 9.85 Å². The minimum absolute atomic E-state index is 0.196. The average molecular weight is 296 g/mol. The van der Waals surface area contributed by atoms with Crippen molar-refractivity contribution >= 4 is 11.4 Å². The van der Waals surface area contributed by atoms with E-state index in [1.807, 2.05) is 21.0 Å². The Kier molecular flexibility index (Phi) is 6.19. The molecule has 1 aromatic rings. The van der Waals surface area contributed by atoms with Gasteiger partial charge in [-0.05, 0) is 40.1 Å². The molecule has 0 aliphatic carbocycles. The van der Waals surface area contributed by atoms with Crippen LogP contribution in [-0.4, -0.2) is 41.4 Å².